The van der Waals surface area contributed by atoms with Gasteiger partial charge in [0.1, 0.15) is 11.6 Å². The Morgan fingerprint density at radius 3 is 2.37 bits per heavy atom. The van der Waals surface area contributed by atoms with Crippen molar-refractivity contribution in [3.63, 3.8) is 0 Å². The Balaban J connectivity index is 1.67. The van der Waals surface area contributed by atoms with E-state index in [9.17, 15) is 13.2 Å². The summed E-state index contributed by atoms with van der Waals surface area (Å²) in [5.74, 6) is 0.475. The molecule has 1 aromatic heterocycles. The Morgan fingerprint density at radius 2 is 1.73 bits per heavy atom. The molecule has 0 radical (unpaired) electrons. The van der Waals surface area contributed by atoms with Crippen molar-refractivity contribution in [3.05, 3.63) is 70.9 Å². The van der Waals surface area contributed by atoms with E-state index in [2.05, 4.69) is 10.4 Å². The van der Waals surface area contributed by atoms with Gasteiger partial charge in [0, 0.05) is 11.1 Å². The third-order valence-electron chi connectivity index (χ3n) is 4.79. The van der Waals surface area contributed by atoms with E-state index in [1.807, 2.05) is 45.0 Å². The maximum atomic E-state index is 12.9. The SMILES string of the molecule is Cc1ccc(-n2nc3c(c2NC(=O)c2ccc(OC(C)C)cc2)CS(=O)(=O)C3)cc1. The van der Waals surface area contributed by atoms with Crippen LogP contribution in [0.5, 0.6) is 5.75 Å². The number of rotatable bonds is 5. The molecule has 30 heavy (non-hydrogen) atoms. The van der Waals surface area contributed by atoms with Crippen LogP contribution in [0.1, 0.15) is 41.0 Å². The van der Waals surface area contributed by atoms with Crippen LogP contribution in [0.4, 0.5) is 5.82 Å². The van der Waals surface area contributed by atoms with E-state index in [4.69, 9.17) is 4.74 Å². The Morgan fingerprint density at radius 1 is 1.07 bits per heavy atom. The zero-order valence-corrected chi connectivity index (χ0v) is 17.9. The highest BCUT2D eigenvalue weighted by molar-refractivity contribution is 7.90. The molecule has 0 aliphatic carbocycles. The summed E-state index contributed by atoms with van der Waals surface area (Å²) in [6.07, 6.45) is 0.0399. The van der Waals surface area contributed by atoms with Crippen molar-refractivity contribution >= 4 is 21.6 Å². The first kappa shape index (κ1) is 20.2. The van der Waals surface area contributed by atoms with E-state index >= 15 is 0 Å². The molecule has 0 atom stereocenters. The minimum absolute atomic E-state index is 0.0399. The molecule has 0 spiro atoms. The van der Waals surface area contributed by atoms with Gasteiger partial charge in [-0.15, -0.1) is 0 Å². The summed E-state index contributed by atoms with van der Waals surface area (Å²) in [5, 5.41) is 7.36. The minimum Gasteiger partial charge on any atom is -0.491 e. The Kier molecular flexibility index (Phi) is 5.11. The third kappa shape index (κ3) is 4.09. The number of hydrogen-bond donors (Lipinski definition) is 1. The quantitative estimate of drug-likeness (QED) is 0.674. The van der Waals surface area contributed by atoms with Gasteiger partial charge < -0.3 is 10.1 Å². The number of ether oxygens (including phenoxy) is 1. The predicted octanol–water partition coefficient (Wildman–Crippen LogP) is 3.65. The Labute approximate surface area is 175 Å². The van der Waals surface area contributed by atoms with Gasteiger partial charge in [-0.1, -0.05) is 17.7 Å². The smallest absolute Gasteiger partial charge is 0.256 e. The van der Waals surface area contributed by atoms with Crippen molar-refractivity contribution in [3.8, 4) is 11.4 Å². The molecule has 1 aliphatic rings. The number of carbonyl (C=O) groups excluding carboxylic acids is 1. The maximum absolute atomic E-state index is 12.9. The van der Waals surface area contributed by atoms with E-state index in [-0.39, 0.29) is 23.5 Å². The van der Waals surface area contributed by atoms with E-state index < -0.39 is 9.84 Å². The summed E-state index contributed by atoms with van der Waals surface area (Å²) in [5.41, 5.74) is 3.31. The van der Waals surface area contributed by atoms with Gasteiger partial charge in [-0.3, -0.25) is 4.79 Å². The number of anilines is 1. The highest BCUT2D eigenvalue weighted by Gasteiger charge is 2.33. The van der Waals surface area contributed by atoms with Crippen LogP contribution in [-0.2, 0) is 21.3 Å². The van der Waals surface area contributed by atoms with Crippen molar-refractivity contribution in [1.82, 2.24) is 9.78 Å². The van der Waals surface area contributed by atoms with Crippen molar-refractivity contribution in [2.45, 2.75) is 38.4 Å². The molecule has 0 saturated carbocycles. The summed E-state index contributed by atoms with van der Waals surface area (Å²) < 4.78 is 31.4. The fourth-order valence-corrected chi connectivity index (χ4v) is 4.87. The molecule has 156 valence electrons. The highest BCUT2D eigenvalue weighted by Crippen LogP contribution is 2.33. The van der Waals surface area contributed by atoms with Crippen LogP contribution in [-0.4, -0.2) is 30.2 Å². The molecule has 0 saturated heterocycles. The van der Waals surface area contributed by atoms with Crippen LogP contribution in [0.2, 0.25) is 0 Å². The van der Waals surface area contributed by atoms with Crippen LogP contribution in [0.15, 0.2) is 48.5 Å². The highest BCUT2D eigenvalue weighted by atomic mass is 32.2. The number of sulfone groups is 1. The second kappa shape index (κ2) is 7.60. The minimum atomic E-state index is -3.25. The van der Waals surface area contributed by atoms with Gasteiger partial charge in [0.15, 0.2) is 9.84 Å². The summed E-state index contributed by atoms with van der Waals surface area (Å²) >= 11 is 0. The zero-order chi connectivity index (χ0) is 21.5. The number of fused-ring (bicyclic) bond motifs is 1. The Hall–Kier alpha value is -3.13. The number of aryl methyl sites for hydroxylation is 1. The number of hydrogen-bond acceptors (Lipinski definition) is 5. The number of carbonyl (C=O) groups is 1. The molecule has 0 fully saturated rings. The first-order valence-electron chi connectivity index (χ1n) is 9.68. The monoisotopic (exact) mass is 425 g/mol. The number of nitrogens with one attached hydrogen (secondary N) is 1. The van der Waals surface area contributed by atoms with Gasteiger partial charge in [-0.05, 0) is 57.2 Å². The molecule has 1 N–H and O–H groups in total. The lowest BCUT2D eigenvalue weighted by molar-refractivity contribution is 0.102. The molecule has 2 aromatic carbocycles. The maximum Gasteiger partial charge on any atom is 0.256 e. The van der Waals surface area contributed by atoms with E-state index in [0.29, 0.717) is 28.4 Å². The zero-order valence-electron chi connectivity index (χ0n) is 17.0. The van der Waals surface area contributed by atoms with Gasteiger partial charge in [0.2, 0.25) is 0 Å². The number of aromatic nitrogens is 2. The van der Waals surface area contributed by atoms with Crippen LogP contribution in [0.25, 0.3) is 5.69 Å². The first-order valence-corrected chi connectivity index (χ1v) is 11.5. The number of nitrogens with zero attached hydrogens (tertiary/aromatic N) is 2. The fraction of sp³-hybridized carbons (Fsp3) is 0.273. The molecule has 0 bridgehead atoms. The molecule has 1 amide bonds. The lowest BCUT2D eigenvalue weighted by atomic mass is 10.2. The number of amides is 1. The van der Waals surface area contributed by atoms with Crippen LogP contribution >= 0.6 is 0 Å². The van der Waals surface area contributed by atoms with E-state index in [0.717, 1.165) is 11.3 Å². The van der Waals surface area contributed by atoms with Crippen molar-refractivity contribution in [2.75, 3.05) is 5.32 Å². The van der Waals surface area contributed by atoms with Gasteiger partial charge in [0.25, 0.3) is 5.91 Å². The number of benzene rings is 2. The van der Waals surface area contributed by atoms with Crippen molar-refractivity contribution in [2.24, 2.45) is 0 Å². The largest absolute Gasteiger partial charge is 0.491 e. The topological polar surface area (TPSA) is 90.3 Å². The summed E-state index contributed by atoms with van der Waals surface area (Å²) in [6, 6.07) is 14.5. The van der Waals surface area contributed by atoms with Crippen molar-refractivity contribution < 1.29 is 17.9 Å². The summed E-state index contributed by atoms with van der Waals surface area (Å²) in [4.78, 5) is 12.9. The van der Waals surface area contributed by atoms with E-state index in [1.165, 1.54) is 0 Å². The molecule has 8 heteroatoms. The summed E-state index contributed by atoms with van der Waals surface area (Å²) in [7, 11) is -3.25. The van der Waals surface area contributed by atoms with Gasteiger partial charge >= 0.3 is 0 Å². The molecule has 3 aromatic rings. The lowest BCUT2D eigenvalue weighted by Gasteiger charge is -2.12. The molecule has 2 heterocycles. The molecule has 1 aliphatic heterocycles. The molecule has 7 nitrogen and oxygen atoms in total. The van der Waals surface area contributed by atoms with Crippen LogP contribution in [0.3, 0.4) is 0 Å². The van der Waals surface area contributed by atoms with Gasteiger partial charge in [0.05, 0.1) is 29.0 Å². The third-order valence-corrected chi connectivity index (χ3v) is 6.23. The normalized spacial score (nSPS) is 14.5. The molecule has 4 rings (SSSR count). The van der Waals surface area contributed by atoms with Gasteiger partial charge in [-0.25, -0.2) is 13.1 Å². The molecular weight excluding hydrogens is 402 g/mol. The average molecular weight is 426 g/mol. The van der Waals surface area contributed by atoms with Crippen LogP contribution < -0.4 is 10.1 Å². The molecule has 0 unspecified atom stereocenters. The average Bonchev–Trinajstić information content (AvgIpc) is 3.15. The predicted molar refractivity (Wildman–Crippen MR) is 115 cm³/mol. The fourth-order valence-electron chi connectivity index (χ4n) is 3.38. The second-order valence-electron chi connectivity index (χ2n) is 7.70. The second-order valence-corrected chi connectivity index (χ2v) is 9.76. The summed E-state index contributed by atoms with van der Waals surface area (Å²) in [6.45, 7) is 5.84. The lowest BCUT2D eigenvalue weighted by Crippen LogP contribution is -2.17. The molecular formula is C22H23N3O4S. The van der Waals surface area contributed by atoms with Gasteiger partial charge in [-0.2, -0.15) is 5.10 Å². The first-order chi connectivity index (χ1) is 14.2. The van der Waals surface area contributed by atoms with Crippen molar-refractivity contribution in [1.29, 1.82) is 0 Å². The van der Waals surface area contributed by atoms with Crippen LogP contribution in [0, 0.1) is 6.92 Å². The Bertz CT molecular complexity index is 1190. The standard InChI is InChI=1S/C22H23N3O4S/c1-14(2)29-18-10-6-16(7-11-18)22(26)23-21-19-12-30(27,28)13-20(19)24-25(21)17-8-4-15(3)5-9-17/h4-11,14H,12-13H2,1-3H3,(H,23,26). The van der Waals surface area contributed by atoms with E-state index in [1.54, 1.807) is 28.9 Å².